The van der Waals surface area contributed by atoms with Crippen molar-refractivity contribution in [3.63, 3.8) is 0 Å². The lowest BCUT2D eigenvalue weighted by Crippen LogP contribution is -2.49. The van der Waals surface area contributed by atoms with Gasteiger partial charge in [0.25, 0.3) is 0 Å². The number of hydrogen-bond acceptors (Lipinski definition) is 8. The van der Waals surface area contributed by atoms with Gasteiger partial charge in [-0.15, -0.1) is 5.10 Å². The highest BCUT2D eigenvalue weighted by atomic mass is 19.1. The molecular weight excluding hydrogens is 445 g/mol. The molecule has 1 saturated carbocycles. The Labute approximate surface area is 204 Å². The fourth-order valence-corrected chi connectivity index (χ4v) is 5.71. The standard InChI is InChI=1S/C25H32FN9/c1-16-13-28-25(31-24(16)27-14-18-5-4-10-34-9-3-2-6-22(18)34)30-21-12-23(35-15-29-32-33-35)19(11-20(21)26)17-7-8-17/h11-13,15,17-18,22H,2-10,14H2,1H3,(H2,27,28,30,31)/t18-,22+/m0/s1. The van der Waals surface area contributed by atoms with Gasteiger partial charge in [-0.1, -0.05) is 6.42 Å². The highest BCUT2D eigenvalue weighted by Gasteiger charge is 2.33. The summed E-state index contributed by atoms with van der Waals surface area (Å²) in [5, 5.41) is 18.2. The molecule has 184 valence electrons. The maximum absolute atomic E-state index is 15.1. The molecule has 35 heavy (non-hydrogen) atoms. The normalized spacial score (nSPS) is 22.6. The van der Waals surface area contributed by atoms with Crippen LogP contribution >= 0.6 is 0 Å². The molecule has 10 heteroatoms. The van der Waals surface area contributed by atoms with E-state index in [9.17, 15) is 0 Å². The number of nitrogens with zero attached hydrogens (tertiary/aromatic N) is 7. The van der Waals surface area contributed by atoms with Crippen molar-refractivity contribution in [2.24, 2.45) is 5.92 Å². The van der Waals surface area contributed by atoms with Crippen LogP contribution in [-0.4, -0.2) is 60.8 Å². The minimum absolute atomic E-state index is 0.305. The number of aromatic nitrogens is 6. The smallest absolute Gasteiger partial charge is 0.229 e. The third-order valence-electron chi connectivity index (χ3n) is 7.71. The molecule has 2 aromatic heterocycles. The quantitative estimate of drug-likeness (QED) is 0.523. The Kier molecular flexibility index (Phi) is 6.05. The van der Waals surface area contributed by atoms with Gasteiger partial charge < -0.3 is 15.5 Å². The number of rotatable bonds is 7. The second kappa shape index (κ2) is 9.49. The Hall–Kier alpha value is -3.14. The van der Waals surface area contributed by atoms with Crippen LogP contribution in [0.15, 0.2) is 24.7 Å². The maximum Gasteiger partial charge on any atom is 0.229 e. The van der Waals surface area contributed by atoms with Crippen molar-refractivity contribution in [3.05, 3.63) is 41.6 Å². The molecule has 0 bridgehead atoms. The monoisotopic (exact) mass is 477 g/mol. The van der Waals surface area contributed by atoms with Crippen LogP contribution in [0.5, 0.6) is 0 Å². The lowest BCUT2D eigenvalue weighted by atomic mass is 9.83. The number of anilines is 3. The van der Waals surface area contributed by atoms with Crippen molar-refractivity contribution in [3.8, 4) is 5.69 Å². The van der Waals surface area contributed by atoms with Gasteiger partial charge in [0, 0.05) is 24.3 Å². The van der Waals surface area contributed by atoms with Gasteiger partial charge in [-0.05, 0) is 98.5 Å². The molecule has 3 aromatic rings. The lowest BCUT2D eigenvalue weighted by molar-refractivity contribution is 0.0649. The van der Waals surface area contributed by atoms with E-state index in [-0.39, 0.29) is 5.82 Å². The van der Waals surface area contributed by atoms with Crippen molar-refractivity contribution < 1.29 is 4.39 Å². The first-order valence-corrected chi connectivity index (χ1v) is 12.8. The van der Waals surface area contributed by atoms with Crippen LogP contribution in [0.4, 0.5) is 21.8 Å². The van der Waals surface area contributed by atoms with Gasteiger partial charge in [-0.25, -0.2) is 14.1 Å². The average molecular weight is 478 g/mol. The number of halogens is 1. The van der Waals surface area contributed by atoms with E-state index in [1.807, 2.05) is 6.92 Å². The lowest BCUT2D eigenvalue weighted by Gasteiger charge is -2.44. The van der Waals surface area contributed by atoms with Crippen molar-refractivity contribution in [1.82, 2.24) is 35.1 Å². The summed E-state index contributed by atoms with van der Waals surface area (Å²) in [6.07, 6.45) is 11.9. The van der Waals surface area contributed by atoms with E-state index >= 15 is 4.39 Å². The third-order valence-corrected chi connectivity index (χ3v) is 7.71. The fraction of sp³-hybridized carbons (Fsp3) is 0.560. The summed E-state index contributed by atoms with van der Waals surface area (Å²) in [4.78, 5) is 11.8. The summed E-state index contributed by atoms with van der Waals surface area (Å²) in [6.45, 7) is 5.37. The van der Waals surface area contributed by atoms with Crippen LogP contribution in [-0.2, 0) is 0 Å². The predicted octanol–water partition coefficient (Wildman–Crippen LogP) is 4.20. The molecule has 2 saturated heterocycles. The first-order valence-electron chi connectivity index (χ1n) is 12.8. The molecule has 3 aliphatic rings. The molecule has 0 unspecified atom stereocenters. The number of piperidine rings is 2. The molecule has 1 aliphatic carbocycles. The zero-order valence-corrected chi connectivity index (χ0v) is 20.1. The first-order chi connectivity index (χ1) is 17.2. The first kappa shape index (κ1) is 22.3. The zero-order chi connectivity index (χ0) is 23.8. The van der Waals surface area contributed by atoms with Gasteiger partial charge in [0.1, 0.15) is 18.0 Å². The number of fused-ring (bicyclic) bond motifs is 1. The highest BCUT2D eigenvalue weighted by molar-refractivity contribution is 5.63. The summed E-state index contributed by atoms with van der Waals surface area (Å²) in [5.41, 5.74) is 2.99. The maximum atomic E-state index is 15.1. The Morgan fingerprint density at radius 2 is 1.97 bits per heavy atom. The summed E-state index contributed by atoms with van der Waals surface area (Å²) < 4.78 is 16.7. The fourth-order valence-electron chi connectivity index (χ4n) is 5.71. The highest BCUT2D eigenvalue weighted by Crippen LogP contribution is 2.44. The third kappa shape index (κ3) is 4.71. The molecule has 0 radical (unpaired) electrons. The van der Waals surface area contributed by atoms with E-state index in [0.717, 1.165) is 42.0 Å². The topological polar surface area (TPSA) is 96.7 Å². The molecule has 4 heterocycles. The molecule has 6 rings (SSSR count). The molecule has 9 nitrogen and oxygen atoms in total. The van der Waals surface area contributed by atoms with Crippen molar-refractivity contribution in [2.45, 2.75) is 63.8 Å². The van der Waals surface area contributed by atoms with E-state index < -0.39 is 0 Å². The molecule has 0 amide bonds. The van der Waals surface area contributed by atoms with E-state index in [1.54, 1.807) is 23.0 Å². The van der Waals surface area contributed by atoms with E-state index in [0.29, 0.717) is 29.5 Å². The molecular formula is C25H32FN9. The SMILES string of the molecule is Cc1cnc(Nc2cc(-n3cnnn3)c(C3CC3)cc2F)nc1NC[C@@H]1CCCN2CCCC[C@H]12. The van der Waals surface area contributed by atoms with Crippen molar-refractivity contribution in [1.29, 1.82) is 0 Å². The Bertz CT molecular complexity index is 1180. The summed E-state index contributed by atoms with van der Waals surface area (Å²) in [7, 11) is 0. The number of nitrogens with one attached hydrogen (secondary N) is 2. The minimum Gasteiger partial charge on any atom is -0.369 e. The van der Waals surface area contributed by atoms with Gasteiger partial charge in [0.05, 0.1) is 11.4 Å². The van der Waals surface area contributed by atoms with E-state index in [4.69, 9.17) is 4.98 Å². The molecule has 2 atom stereocenters. The average Bonchev–Trinajstić information content (AvgIpc) is 3.58. The summed E-state index contributed by atoms with van der Waals surface area (Å²) in [6, 6.07) is 4.01. The number of aryl methyl sites for hydroxylation is 1. The summed E-state index contributed by atoms with van der Waals surface area (Å²) in [5.74, 6) is 1.81. The Morgan fingerprint density at radius 3 is 2.80 bits per heavy atom. The van der Waals surface area contributed by atoms with Gasteiger partial charge in [-0.2, -0.15) is 4.98 Å². The van der Waals surface area contributed by atoms with Crippen LogP contribution in [0.3, 0.4) is 0 Å². The molecule has 1 aromatic carbocycles. The molecule has 2 N–H and O–H groups in total. The Balaban J connectivity index is 1.20. The van der Waals surface area contributed by atoms with Crippen LogP contribution in [0.1, 0.15) is 62.0 Å². The van der Waals surface area contributed by atoms with Crippen LogP contribution < -0.4 is 10.6 Å². The second-order valence-corrected chi connectivity index (χ2v) is 10.2. The number of hydrogen-bond donors (Lipinski definition) is 2. The Morgan fingerprint density at radius 1 is 1.09 bits per heavy atom. The summed E-state index contributed by atoms with van der Waals surface area (Å²) >= 11 is 0. The molecule has 0 spiro atoms. The molecule has 3 fully saturated rings. The number of benzene rings is 1. The van der Waals surface area contributed by atoms with Crippen molar-refractivity contribution in [2.75, 3.05) is 30.3 Å². The zero-order valence-electron chi connectivity index (χ0n) is 20.1. The van der Waals surface area contributed by atoms with Crippen LogP contribution in [0, 0.1) is 18.7 Å². The minimum atomic E-state index is -0.331. The van der Waals surface area contributed by atoms with Crippen LogP contribution in [0.25, 0.3) is 5.69 Å². The molecule has 2 aliphatic heterocycles. The number of tetrazole rings is 1. The predicted molar refractivity (Wildman–Crippen MR) is 132 cm³/mol. The van der Waals surface area contributed by atoms with Crippen LogP contribution in [0.2, 0.25) is 0 Å². The van der Waals surface area contributed by atoms with Crippen molar-refractivity contribution >= 4 is 17.5 Å². The van der Waals surface area contributed by atoms with Gasteiger partial charge in [-0.3, -0.25) is 0 Å². The van der Waals surface area contributed by atoms with E-state index in [1.165, 1.54) is 51.5 Å². The van der Waals surface area contributed by atoms with E-state index in [2.05, 4.69) is 36.0 Å². The second-order valence-electron chi connectivity index (χ2n) is 10.2. The van der Waals surface area contributed by atoms with Gasteiger partial charge in [0.15, 0.2) is 0 Å². The van der Waals surface area contributed by atoms with Gasteiger partial charge >= 0.3 is 0 Å². The van der Waals surface area contributed by atoms with Gasteiger partial charge in [0.2, 0.25) is 5.95 Å². The largest absolute Gasteiger partial charge is 0.369 e.